The molecule has 2 rings (SSSR count). The van der Waals surface area contributed by atoms with Crippen LogP contribution in [0.5, 0.6) is 0 Å². The monoisotopic (exact) mass is 214 g/mol. The number of hydrogen-bond acceptors (Lipinski definition) is 4. The Morgan fingerprint density at radius 1 is 1.19 bits per heavy atom. The van der Waals surface area contributed by atoms with E-state index in [4.69, 9.17) is 0 Å². The summed E-state index contributed by atoms with van der Waals surface area (Å²) >= 11 is 0. The average Bonchev–Trinajstić information content (AvgIpc) is 2.38. The van der Waals surface area contributed by atoms with E-state index >= 15 is 0 Å². The highest BCUT2D eigenvalue weighted by molar-refractivity contribution is 5.08. The molecule has 2 aromatic rings. The summed E-state index contributed by atoms with van der Waals surface area (Å²) in [5.41, 5.74) is 2.02. The van der Waals surface area contributed by atoms with Gasteiger partial charge in [-0.2, -0.15) is 0 Å². The normalized spacial score (nSPS) is 12.3. The van der Waals surface area contributed by atoms with Crippen LogP contribution in [0.25, 0.3) is 0 Å². The van der Waals surface area contributed by atoms with Gasteiger partial charge in [0.1, 0.15) is 6.33 Å². The van der Waals surface area contributed by atoms with Gasteiger partial charge in [0.05, 0.1) is 11.4 Å². The predicted octanol–water partition coefficient (Wildman–Crippen LogP) is 1.72. The van der Waals surface area contributed by atoms with Crippen LogP contribution < -0.4 is 5.32 Å². The number of nitrogens with one attached hydrogen (secondary N) is 1. The van der Waals surface area contributed by atoms with E-state index in [2.05, 4.69) is 27.2 Å². The van der Waals surface area contributed by atoms with Crippen LogP contribution in [0.2, 0.25) is 0 Å². The van der Waals surface area contributed by atoms with Gasteiger partial charge >= 0.3 is 0 Å². The number of rotatable bonds is 4. The van der Waals surface area contributed by atoms with Gasteiger partial charge in [0.25, 0.3) is 0 Å². The van der Waals surface area contributed by atoms with Crippen LogP contribution in [0.1, 0.15) is 24.4 Å². The van der Waals surface area contributed by atoms with E-state index in [1.807, 2.05) is 24.3 Å². The topological polar surface area (TPSA) is 50.7 Å². The van der Waals surface area contributed by atoms with E-state index in [0.717, 1.165) is 17.9 Å². The maximum Gasteiger partial charge on any atom is 0.115 e. The van der Waals surface area contributed by atoms with E-state index in [-0.39, 0.29) is 6.04 Å². The third-order valence-corrected chi connectivity index (χ3v) is 2.36. The van der Waals surface area contributed by atoms with Crippen molar-refractivity contribution in [2.45, 2.75) is 19.5 Å². The molecule has 0 amide bonds. The summed E-state index contributed by atoms with van der Waals surface area (Å²) in [6.07, 6.45) is 5.11. The number of hydrogen-bond donors (Lipinski definition) is 1. The molecule has 0 unspecified atom stereocenters. The van der Waals surface area contributed by atoms with Crippen molar-refractivity contribution in [1.82, 2.24) is 20.3 Å². The lowest BCUT2D eigenvalue weighted by atomic mass is 10.2. The second-order valence-electron chi connectivity index (χ2n) is 3.56. The molecule has 0 aliphatic carbocycles. The molecule has 2 aromatic heterocycles. The van der Waals surface area contributed by atoms with E-state index in [1.54, 1.807) is 18.7 Å². The largest absolute Gasteiger partial charge is 0.303 e. The zero-order valence-corrected chi connectivity index (χ0v) is 9.17. The Balaban J connectivity index is 1.92. The van der Waals surface area contributed by atoms with Crippen molar-refractivity contribution in [3.63, 3.8) is 0 Å². The van der Waals surface area contributed by atoms with Crippen molar-refractivity contribution in [1.29, 1.82) is 0 Å². The van der Waals surface area contributed by atoms with Crippen LogP contribution >= 0.6 is 0 Å². The molecule has 0 aliphatic heterocycles. The Hall–Kier alpha value is -1.81. The van der Waals surface area contributed by atoms with Gasteiger partial charge < -0.3 is 5.32 Å². The van der Waals surface area contributed by atoms with E-state index in [9.17, 15) is 0 Å². The summed E-state index contributed by atoms with van der Waals surface area (Å²) in [5, 5.41) is 3.36. The SMILES string of the molecule is C[C@H](NCc1ccncn1)c1ccccn1. The molecule has 0 fully saturated rings. The third-order valence-electron chi connectivity index (χ3n) is 2.36. The van der Waals surface area contributed by atoms with Crippen molar-refractivity contribution >= 4 is 0 Å². The maximum atomic E-state index is 4.30. The van der Waals surface area contributed by atoms with Crippen molar-refractivity contribution in [3.05, 3.63) is 54.4 Å². The molecule has 0 saturated carbocycles. The summed E-state index contributed by atoms with van der Waals surface area (Å²) in [4.78, 5) is 12.3. The minimum Gasteiger partial charge on any atom is -0.303 e. The van der Waals surface area contributed by atoms with Gasteiger partial charge in [-0.25, -0.2) is 9.97 Å². The van der Waals surface area contributed by atoms with Gasteiger partial charge in [-0.15, -0.1) is 0 Å². The Morgan fingerprint density at radius 3 is 2.81 bits per heavy atom. The van der Waals surface area contributed by atoms with Crippen LogP contribution in [0.4, 0.5) is 0 Å². The van der Waals surface area contributed by atoms with Crippen LogP contribution in [0.3, 0.4) is 0 Å². The molecule has 0 bridgehead atoms. The standard InChI is InChI=1S/C12H14N4/c1-10(12-4-2-3-6-14-12)15-8-11-5-7-13-9-16-11/h2-7,9-10,15H,8H2,1H3/t10-/m0/s1. The fourth-order valence-electron chi connectivity index (χ4n) is 1.42. The first-order valence-corrected chi connectivity index (χ1v) is 5.25. The van der Waals surface area contributed by atoms with E-state index < -0.39 is 0 Å². The summed E-state index contributed by atoms with van der Waals surface area (Å²) in [5.74, 6) is 0. The highest BCUT2D eigenvalue weighted by Gasteiger charge is 2.05. The first-order chi connectivity index (χ1) is 7.86. The summed E-state index contributed by atoms with van der Waals surface area (Å²) in [6.45, 7) is 2.81. The van der Waals surface area contributed by atoms with Gasteiger partial charge in [-0.05, 0) is 25.1 Å². The fourth-order valence-corrected chi connectivity index (χ4v) is 1.42. The molecule has 82 valence electrons. The highest BCUT2D eigenvalue weighted by atomic mass is 15.0. The van der Waals surface area contributed by atoms with Gasteiger partial charge in [0, 0.05) is 25.0 Å². The molecule has 4 nitrogen and oxygen atoms in total. The van der Waals surface area contributed by atoms with Gasteiger partial charge in [0.15, 0.2) is 0 Å². The van der Waals surface area contributed by atoms with Crippen LogP contribution in [0.15, 0.2) is 43.0 Å². The van der Waals surface area contributed by atoms with Gasteiger partial charge in [-0.1, -0.05) is 6.07 Å². The Morgan fingerprint density at radius 2 is 2.12 bits per heavy atom. The van der Waals surface area contributed by atoms with Gasteiger partial charge in [-0.3, -0.25) is 4.98 Å². The van der Waals surface area contributed by atoms with Crippen LogP contribution in [-0.2, 0) is 6.54 Å². The molecule has 4 heteroatoms. The van der Waals surface area contributed by atoms with Crippen LogP contribution in [0, 0.1) is 0 Å². The van der Waals surface area contributed by atoms with Crippen molar-refractivity contribution in [2.24, 2.45) is 0 Å². The minimum absolute atomic E-state index is 0.219. The molecule has 1 N–H and O–H groups in total. The number of pyridine rings is 1. The minimum atomic E-state index is 0.219. The summed E-state index contributed by atoms with van der Waals surface area (Å²) < 4.78 is 0. The second-order valence-corrected chi connectivity index (χ2v) is 3.56. The lowest BCUT2D eigenvalue weighted by Gasteiger charge is -2.12. The molecular formula is C12H14N4. The first kappa shape index (κ1) is 10.7. The molecule has 1 atom stereocenters. The lowest BCUT2D eigenvalue weighted by Crippen LogP contribution is -2.19. The second kappa shape index (κ2) is 5.32. The molecule has 0 spiro atoms. The average molecular weight is 214 g/mol. The summed E-state index contributed by atoms with van der Waals surface area (Å²) in [7, 11) is 0. The van der Waals surface area contributed by atoms with Crippen molar-refractivity contribution in [3.8, 4) is 0 Å². The lowest BCUT2D eigenvalue weighted by molar-refractivity contribution is 0.554. The molecule has 0 saturated heterocycles. The van der Waals surface area contributed by atoms with E-state index in [1.165, 1.54) is 0 Å². The highest BCUT2D eigenvalue weighted by Crippen LogP contribution is 2.08. The summed E-state index contributed by atoms with van der Waals surface area (Å²) in [6, 6.07) is 8.04. The fraction of sp³-hybridized carbons (Fsp3) is 0.250. The van der Waals surface area contributed by atoms with Crippen molar-refractivity contribution in [2.75, 3.05) is 0 Å². The molecule has 16 heavy (non-hydrogen) atoms. The smallest absolute Gasteiger partial charge is 0.115 e. The molecule has 0 radical (unpaired) electrons. The first-order valence-electron chi connectivity index (χ1n) is 5.25. The maximum absolute atomic E-state index is 4.30. The van der Waals surface area contributed by atoms with Crippen molar-refractivity contribution < 1.29 is 0 Å². The Kier molecular flexibility index (Phi) is 3.56. The predicted molar refractivity (Wildman–Crippen MR) is 61.5 cm³/mol. The zero-order chi connectivity index (χ0) is 11.2. The van der Waals surface area contributed by atoms with Gasteiger partial charge in [0.2, 0.25) is 0 Å². The number of aromatic nitrogens is 3. The quantitative estimate of drug-likeness (QED) is 0.842. The molecule has 0 aromatic carbocycles. The molecule has 0 aliphatic rings. The van der Waals surface area contributed by atoms with Crippen LogP contribution in [-0.4, -0.2) is 15.0 Å². The Labute approximate surface area is 94.8 Å². The zero-order valence-electron chi connectivity index (χ0n) is 9.17. The molecule has 2 heterocycles. The third kappa shape index (κ3) is 2.84. The van der Waals surface area contributed by atoms with E-state index in [0.29, 0.717) is 0 Å². The Bertz CT molecular complexity index is 416. The molecular weight excluding hydrogens is 200 g/mol. The number of nitrogens with zero attached hydrogens (tertiary/aromatic N) is 3.